The first-order valence-corrected chi connectivity index (χ1v) is 8.35. The molecule has 2 aliphatic heterocycles. The van der Waals surface area contributed by atoms with Crippen molar-refractivity contribution in [1.29, 1.82) is 0 Å². The van der Waals surface area contributed by atoms with Crippen molar-refractivity contribution in [3.63, 3.8) is 0 Å². The van der Waals surface area contributed by atoms with E-state index in [0.717, 1.165) is 6.07 Å². The number of fused-ring (bicyclic) bond motifs is 1. The topological polar surface area (TPSA) is 143 Å². The minimum absolute atomic E-state index is 0.0659. The number of nitrogens with two attached hydrogens (primary N) is 1. The second kappa shape index (κ2) is 5.92. The molecular weight excluding hydrogens is 330 g/mol. The van der Waals surface area contributed by atoms with Gasteiger partial charge in [-0.05, 0) is 0 Å². The molecule has 0 saturated carbocycles. The highest BCUT2D eigenvalue weighted by Gasteiger charge is 2.34. The van der Waals surface area contributed by atoms with Gasteiger partial charge in [0.1, 0.15) is 12.7 Å². The highest BCUT2D eigenvalue weighted by Crippen LogP contribution is 2.40. The van der Waals surface area contributed by atoms with E-state index in [1.807, 2.05) is 0 Å². The van der Waals surface area contributed by atoms with Crippen LogP contribution in [0.3, 0.4) is 0 Å². The number of sulfonamides is 1. The van der Waals surface area contributed by atoms with Gasteiger partial charge >= 0.3 is 0 Å². The van der Waals surface area contributed by atoms with Crippen LogP contribution in [0.2, 0.25) is 0 Å². The molecule has 0 spiro atoms. The molecule has 0 bridgehead atoms. The van der Waals surface area contributed by atoms with Gasteiger partial charge in [-0.3, -0.25) is 10.1 Å². The molecule has 1 aromatic carbocycles. The Bertz CT molecular complexity index is 730. The molecule has 2 atom stereocenters. The third kappa shape index (κ3) is 3.22. The summed E-state index contributed by atoms with van der Waals surface area (Å²) in [5.41, 5.74) is -0.319. The Morgan fingerprint density at radius 2 is 2.09 bits per heavy atom. The van der Waals surface area contributed by atoms with Gasteiger partial charge in [0.2, 0.25) is 10.0 Å². The Morgan fingerprint density at radius 3 is 2.70 bits per heavy atom. The lowest BCUT2D eigenvalue weighted by Crippen LogP contribution is -2.47. The number of anilines is 1. The van der Waals surface area contributed by atoms with Gasteiger partial charge in [0.05, 0.1) is 35.7 Å². The van der Waals surface area contributed by atoms with E-state index in [-0.39, 0.29) is 35.1 Å². The maximum Gasteiger partial charge on any atom is 0.297 e. The molecule has 2 aliphatic rings. The van der Waals surface area contributed by atoms with Crippen LogP contribution in [-0.2, 0) is 19.5 Å². The minimum Gasteiger partial charge on any atom is -0.489 e. The predicted molar refractivity (Wildman–Crippen MR) is 77.9 cm³/mol. The fourth-order valence-corrected chi connectivity index (χ4v) is 3.04. The van der Waals surface area contributed by atoms with E-state index in [2.05, 4.69) is 5.32 Å². The molecule has 1 saturated heterocycles. The van der Waals surface area contributed by atoms with Crippen LogP contribution < -0.4 is 15.2 Å². The number of nitrogens with one attached hydrogen (secondary N) is 1. The van der Waals surface area contributed by atoms with E-state index in [0.29, 0.717) is 19.8 Å². The average Bonchev–Trinajstić information content (AvgIpc) is 2.53. The predicted octanol–water partition coefficient (Wildman–Crippen LogP) is -0.170. The molecule has 3 rings (SSSR count). The minimum atomic E-state index is -4.08. The summed E-state index contributed by atoms with van der Waals surface area (Å²) >= 11 is 0. The van der Waals surface area contributed by atoms with Crippen molar-refractivity contribution in [2.24, 2.45) is 5.14 Å². The molecule has 0 aromatic heterocycles. The van der Waals surface area contributed by atoms with Crippen LogP contribution >= 0.6 is 0 Å². The average molecular weight is 345 g/mol. The van der Waals surface area contributed by atoms with Crippen LogP contribution in [0, 0.1) is 10.1 Å². The largest absolute Gasteiger partial charge is 0.489 e. The molecule has 10 nitrogen and oxygen atoms in total. The lowest BCUT2D eigenvalue weighted by atomic mass is 10.1. The normalized spacial score (nSPS) is 24.2. The summed E-state index contributed by atoms with van der Waals surface area (Å²) in [6.45, 7) is 1.44. The number of benzene rings is 1. The van der Waals surface area contributed by atoms with Crippen molar-refractivity contribution in [3.8, 4) is 5.75 Å². The Hall–Kier alpha value is -1.95. The fourth-order valence-electron chi connectivity index (χ4n) is 2.49. The van der Waals surface area contributed by atoms with Crippen LogP contribution in [0.4, 0.5) is 11.4 Å². The first-order chi connectivity index (χ1) is 10.9. The van der Waals surface area contributed by atoms with Crippen LogP contribution in [0.1, 0.15) is 0 Å². The fraction of sp³-hybridized carbons (Fsp3) is 0.500. The van der Waals surface area contributed by atoms with Gasteiger partial charge in [-0.15, -0.1) is 0 Å². The van der Waals surface area contributed by atoms with Gasteiger partial charge in [-0.1, -0.05) is 0 Å². The van der Waals surface area contributed by atoms with Gasteiger partial charge in [0, 0.05) is 12.1 Å². The maximum atomic E-state index is 11.4. The lowest BCUT2D eigenvalue weighted by molar-refractivity contribution is -0.384. The van der Waals surface area contributed by atoms with Crippen molar-refractivity contribution >= 4 is 21.4 Å². The van der Waals surface area contributed by atoms with Gasteiger partial charge in [-0.2, -0.15) is 0 Å². The van der Waals surface area contributed by atoms with Crippen molar-refractivity contribution < 1.29 is 27.6 Å². The summed E-state index contributed by atoms with van der Waals surface area (Å²) in [6.07, 6.45) is -0.311. The third-order valence-electron chi connectivity index (χ3n) is 3.62. The quantitative estimate of drug-likeness (QED) is 0.568. The van der Waals surface area contributed by atoms with E-state index in [4.69, 9.17) is 19.3 Å². The molecule has 11 heteroatoms. The van der Waals surface area contributed by atoms with Crippen LogP contribution in [0.5, 0.6) is 5.75 Å². The lowest BCUT2D eigenvalue weighted by Gasteiger charge is -2.34. The van der Waals surface area contributed by atoms with Crippen molar-refractivity contribution in [1.82, 2.24) is 0 Å². The van der Waals surface area contributed by atoms with Crippen LogP contribution in [0.15, 0.2) is 17.0 Å². The highest BCUT2D eigenvalue weighted by atomic mass is 32.2. The molecule has 126 valence electrons. The van der Waals surface area contributed by atoms with Crippen molar-refractivity contribution in [2.45, 2.75) is 17.0 Å². The summed E-state index contributed by atoms with van der Waals surface area (Å²) in [6, 6.07) is 1.73. The molecule has 3 N–H and O–H groups in total. The van der Waals surface area contributed by atoms with E-state index in [9.17, 15) is 18.5 Å². The first-order valence-electron chi connectivity index (χ1n) is 6.80. The number of rotatable bonds is 3. The first kappa shape index (κ1) is 15.9. The number of nitro benzene ring substituents is 1. The zero-order chi connectivity index (χ0) is 16.6. The van der Waals surface area contributed by atoms with Gasteiger partial charge < -0.3 is 19.5 Å². The maximum absolute atomic E-state index is 11.4. The molecule has 0 unspecified atom stereocenters. The standard InChI is InChI=1S/C12H15N3O7S/c13-23(18,19)7-3-9(15(16)17)12-10(4-7)22-5-8(14-12)11-6-20-1-2-21-11/h3-4,8,11,14H,1-2,5-6H2,(H2,13,18,19)/t8-,11-/m1/s1. The van der Waals surface area contributed by atoms with Crippen molar-refractivity contribution in [3.05, 3.63) is 22.2 Å². The third-order valence-corrected chi connectivity index (χ3v) is 4.51. The zero-order valence-corrected chi connectivity index (χ0v) is 12.7. The smallest absolute Gasteiger partial charge is 0.297 e. The Balaban J connectivity index is 1.96. The molecular formula is C12H15N3O7S. The number of nitro groups is 1. The van der Waals surface area contributed by atoms with E-state index >= 15 is 0 Å². The number of hydrogen-bond acceptors (Lipinski definition) is 8. The molecule has 2 heterocycles. The SMILES string of the molecule is NS(=O)(=O)c1cc2c(c([N+](=O)[O-])c1)N[C@@H]([C@H]1COCCO1)CO2. The van der Waals surface area contributed by atoms with Crippen LogP contribution in [-0.4, -0.2) is 51.9 Å². The van der Waals surface area contributed by atoms with Crippen molar-refractivity contribution in [2.75, 3.05) is 31.7 Å². The summed E-state index contributed by atoms with van der Waals surface area (Å²) in [7, 11) is -4.08. The second-order valence-corrected chi connectivity index (χ2v) is 6.73. The monoisotopic (exact) mass is 345 g/mol. The van der Waals surface area contributed by atoms with E-state index in [1.165, 1.54) is 6.07 Å². The zero-order valence-electron chi connectivity index (χ0n) is 11.9. The van der Waals surface area contributed by atoms with Gasteiger partial charge in [0.15, 0.2) is 11.4 Å². The molecule has 23 heavy (non-hydrogen) atoms. The Labute approximate surface area is 131 Å². The molecule has 0 amide bonds. The molecule has 0 aliphatic carbocycles. The second-order valence-electron chi connectivity index (χ2n) is 5.16. The van der Waals surface area contributed by atoms with Gasteiger partial charge in [0.25, 0.3) is 5.69 Å². The number of hydrogen-bond donors (Lipinski definition) is 2. The number of primary sulfonamides is 1. The molecule has 1 fully saturated rings. The molecule has 1 aromatic rings. The van der Waals surface area contributed by atoms with E-state index in [1.54, 1.807) is 0 Å². The summed E-state index contributed by atoms with van der Waals surface area (Å²) in [5, 5.41) is 19.3. The van der Waals surface area contributed by atoms with Gasteiger partial charge in [-0.25, -0.2) is 13.6 Å². The summed E-state index contributed by atoms with van der Waals surface area (Å²) in [5.74, 6) is 0.0659. The van der Waals surface area contributed by atoms with Crippen LogP contribution in [0.25, 0.3) is 0 Å². The van der Waals surface area contributed by atoms with E-state index < -0.39 is 20.6 Å². The summed E-state index contributed by atoms with van der Waals surface area (Å²) in [4.78, 5) is 10.2. The number of ether oxygens (including phenoxy) is 3. The Morgan fingerprint density at radius 1 is 1.30 bits per heavy atom. The highest BCUT2D eigenvalue weighted by molar-refractivity contribution is 7.89. The Kier molecular flexibility index (Phi) is 4.10. The molecule has 0 radical (unpaired) electrons. The summed E-state index contributed by atoms with van der Waals surface area (Å²) < 4.78 is 39.3. The number of nitrogens with zero attached hydrogens (tertiary/aromatic N) is 1.